The minimum atomic E-state index is -3.44. The number of fused-ring (bicyclic) bond motifs is 1. The van der Waals surface area contributed by atoms with E-state index < -0.39 is 9.84 Å². The highest BCUT2D eigenvalue weighted by Crippen LogP contribution is 2.31. The van der Waals surface area contributed by atoms with Gasteiger partial charge in [0.05, 0.1) is 23.7 Å². The number of aliphatic hydroxyl groups excluding tert-OH is 1. The van der Waals surface area contributed by atoms with E-state index in [-0.39, 0.29) is 22.5 Å². The standard InChI is InChI=1S/C21H25NO5S.CH4O/c1-14(2)27-20-9-8-16(28(4,24)25)12-17(20)21(23)22-11-10-15-6-5-7-19(26-3)18(15)13-22;1-2/h5-9,12,14H,10-11,13H2,1-4H3;2H,1H3. The van der Waals surface area contributed by atoms with E-state index in [1.165, 1.54) is 12.1 Å². The van der Waals surface area contributed by atoms with Gasteiger partial charge in [0.1, 0.15) is 11.5 Å². The first-order valence-electron chi connectivity index (χ1n) is 9.60. The molecule has 7 nitrogen and oxygen atoms in total. The fourth-order valence-corrected chi connectivity index (χ4v) is 4.00. The van der Waals surface area contributed by atoms with Crippen molar-refractivity contribution in [2.75, 3.05) is 27.0 Å². The van der Waals surface area contributed by atoms with Crippen molar-refractivity contribution < 1.29 is 27.8 Å². The monoisotopic (exact) mass is 435 g/mol. The summed E-state index contributed by atoms with van der Waals surface area (Å²) in [5.74, 6) is 0.884. The highest BCUT2D eigenvalue weighted by molar-refractivity contribution is 7.90. The first kappa shape index (κ1) is 23.7. The number of amides is 1. The van der Waals surface area contributed by atoms with Crippen LogP contribution in [0.15, 0.2) is 41.3 Å². The number of rotatable bonds is 5. The maximum Gasteiger partial charge on any atom is 0.257 e. The van der Waals surface area contributed by atoms with E-state index in [0.717, 1.165) is 30.2 Å². The van der Waals surface area contributed by atoms with Gasteiger partial charge in [-0.15, -0.1) is 0 Å². The van der Waals surface area contributed by atoms with Crippen molar-refractivity contribution in [3.63, 3.8) is 0 Å². The van der Waals surface area contributed by atoms with Crippen LogP contribution in [0.1, 0.15) is 35.3 Å². The normalized spacial score (nSPS) is 13.2. The lowest BCUT2D eigenvalue weighted by atomic mass is 9.98. The Labute approximate surface area is 178 Å². The van der Waals surface area contributed by atoms with Gasteiger partial charge in [0.15, 0.2) is 9.84 Å². The van der Waals surface area contributed by atoms with Crippen LogP contribution in [0, 0.1) is 0 Å². The molecule has 0 saturated carbocycles. The van der Waals surface area contributed by atoms with Gasteiger partial charge in [0.25, 0.3) is 5.91 Å². The molecule has 0 aliphatic carbocycles. The number of carbonyl (C=O) groups is 1. The summed E-state index contributed by atoms with van der Waals surface area (Å²) in [4.78, 5) is 15.1. The van der Waals surface area contributed by atoms with E-state index in [4.69, 9.17) is 14.6 Å². The molecule has 0 unspecified atom stereocenters. The van der Waals surface area contributed by atoms with Gasteiger partial charge in [-0.2, -0.15) is 0 Å². The summed E-state index contributed by atoms with van der Waals surface area (Å²) in [5, 5.41) is 7.00. The van der Waals surface area contributed by atoms with E-state index in [0.29, 0.717) is 25.3 Å². The molecule has 0 fully saturated rings. The molecule has 8 heteroatoms. The number of benzene rings is 2. The third-order valence-electron chi connectivity index (χ3n) is 4.71. The van der Waals surface area contributed by atoms with Crippen molar-refractivity contribution >= 4 is 15.7 Å². The Morgan fingerprint density at radius 2 is 1.83 bits per heavy atom. The van der Waals surface area contributed by atoms with Crippen molar-refractivity contribution in [1.82, 2.24) is 4.90 Å². The zero-order chi connectivity index (χ0) is 22.5. The van der Waals surface area contributed by atoms with E-state index in [1.807, 2.05) is 32.0 Å². The second kappa shape index (κ2) is 9.95. The Kier molecular flexibility index (Phi) is 7.86. The van der Waals surface area contributed by atoms with Crippen LogP contribution in [-0.2, 0) is 22.8 Å². The van der Waals surface area contributed by atoms with Gasteiger partial charge in [-0.3, -0.25) is 4.79 Å². The van der Waals surface area contributed by atoms with Crippen molar-refractivity contribution in [3.05, 3.63) is 53.1 Å². The summed E-state index contributed by atoms with van der Waals surface area (Å²) in [6, 6.07) is 10.3. The average Bonchev–Trinajstić information content (AvgIpc) is 2.73. The SMILES string of the molecule is CO.COc1cccc2c1CN(C(=O)c1cc(S(C)(=O)=O)ccc1OC(C)C)CC2. The van der Waals surface area contributed by atoms with Gasteiger partial charge in [0.2, 0.25) is 0 Å². The third kappa shape index (κ3) is 5.31. The summed E-state index contributed by atoms with van der Waals surface area (Å²) >= 11 is 0. The molecule has 1 amide bonds. The number of carbonyl (C=O) groups excluding carboxylic acids is 1. The predicted octanol–water partition coefficient (Wildman–Crippen LogP) is 2.69. The largest absolute Gasteiger partial charge is 0.496 e. The molecule has 2 aromatic rings. The molecule has 1 aliphatic rings. The third-order valence-corrected chi connectivity index (χ3v) is 5.82. The Morgan fingerprint density at radius 1 is 1.13 bits per heavy atom. The molecule has 30 heavy (non-hydrogen) atoms. The summed E-state index contributed by atoms with van der Waals surface area (Å²) in [6.07, 6.45) is 1.70. The highest BCUT2D eigenvalue weighted by atomic mass is 32.2. The molecule has 1 N–H and O–H groups in total. The van der Waals surface area contributed by atoms with Crippen LogP contribution in [0.2, 0.25) is 0 Å². The molecular weight excluding hydrogens is 406 g/mol. The number of sulfone groups is 1. The van der Waals surface area contributed by atoms with Gasteiger partial charge < -0.3 is 19.5 Å². The molecule has 0 atom stereocenters. The Morgan fingerprint density at radius 3 is 2.43 bits per heavy atom. The number of hydrogen-bond donors (Lipinski definition) is 1. The van der Waals surface area contributed by atoms with E-state index in [9.17, 15) is 13.2 Å². The van der Waals surface area contributed by atoms with Crippen molar-refractivity contribution in [3.8, 4) is 11.5 Å². The summed E-state index contributed by atoms with van der Waals surface area (Å²) < 4.78 is 35.2. The molecule has 0 saturated heterocycles. The fourth-order valence-electron chi connectivity index (χ4n) is 3.35. The molecular formula is C22H29NO6S. The lowest BCUT2D eigenvalue weighted by molar-refractivity contribution is 0.0726. The van der Waals surface area contributed by atoms with Crippen molar-refractivity contribution in [2.24, 2.45) is 0 Å². The van der Waals surface area contributed by atoms with Crippen LogP contribution in [0.25, 0.3) is 0 Å². The number of nitrogens with zero attached hydrogens (tertiary/aromatic N) is 1. The van der Waals surface area contributed by atoms with E-state index >= 15 is 0 Å². The molecule has 164 valence electrons. The molecule has 0 aromatic heterocycles. The molecule has 3 rings (SSSR count). The van der Waals surface area contributed by atoms with E-state index in [1.54, 1.807) is 18.1 Å². The number of methoxy groups -OCH3 is 1. The van der Waals surface area contributed by atoms with Gasteiger partial charge in [-0.05, 0) is 50.1 Å². The predicted molar refractivity (Wildman–Crippen MR) is 115 cm³/mol. The second-order valence-corrected chi connectivity index (χ2v) is 9.19. The van der Waals surface area contributed by atoms with Crippen LogP contribution < -0.4 is 9.47 Å². The Bertz CT molecular complexity index is 986. The molecule has 0 spiro atoms. The minimum absolute atomic E-state index is 0.0990. The van der Waals surface area contributed by atoms with Crippen molar-refractivity contribution in [1.29, 1.82) is 0 Å². The topological polar surface area (TPSA) is 93.1 Å². The van der Waals surface area contributed by atoms with Gasteiger partial charge in [0, 0.05) is 32.0 Å². The average molecular weight is 436 g/mol. The molecule has 1 aliphatic heterocycles. The van der Waals surface area contributed by atoms with Crippen LogP contribution in [0.3, 0.4) is 0 Å². The maximum atomic E-state index is 13.3. The molecule has 0 radical (unpaired) electrons. The smallest absolute Gasteiger partial charge is 0.257 e. The number of aliphatic hydroxyl groups is 1. The van der Waals surface area contributed by atoms with Gasteiger partial charge >= 0.3 is 0 Å². The lowest BCUT2D eigenvalue weighted by Crippen LogP contribution is -2.36. The summed E-state index contributed by atoms with van der Waals surface area (Å²) in [5.41, 5.74) is 2.40. The quantitative estimate of drug-likeness (QED) is 0.776. The van der Waals surface area contributed by atoms with Crippen LogP contribution in [0.4, 0.5) is 0 Å². The summed E-state index contributed by atoms with van der Waals surface area (Å²) in [7, 11) is -0.829. The highest BCUT2D eigenvalue weighted by Gasteiger charge is 2.27. The van der Waals surface area contributed by atoms with Gasteiger partial charge in [-0.1, -0.05) is 12.1 Å². The zero-order valence-electron chi connectivity index (χ0n) is 18.0. The number of ether oxygens (including phenoxy) is 2. The summed E-state index contributed by atoms with van der Waals surface area (Å²) in [6.45, 7) is 4.67. The molecule has 2 aromatic carbocycles. The minimum Gasteiger partial charge on any atom is -0.496 e. The Hall–Kier alpha value is -2.58. The van der Waals surface area contributed by atoms with Gasteiger partial charge in [-0.25, -0.2) is 8.42 Å². The first-order chi connectivity index (χ1) is 14.2. The van der Waals surface area contributed by atoms with Crippen LogP contribution >= 0.6 is 0 Å². The first-order valence-corrected chi connectivity index (χ1v) is 11.5. The van der Waals surface area contributed by atoms with E-state index in [2.05, 4.69) is 0 Å². The number of hydrogen-bond acceptors (Lipinski definition) is 6. The lowest BCUT2D eigenvalue weighted by Gasteiger charge is -2.30. The maximum absolute atomic E-state index is 13.3. The van der Waals surface area contributed by atoms with Crippen LogP contribution in [0.5, 0.6) is 11.5 Å². The fraction of sp³-hybridized carbons (Fsp3) is 0.409. The Balaban J connectivity index is 0.00000155. The second-order valence-electron chi connectivity index (χ2n) is 7.17. The van der Waals surface area contributed by atoms with Crippen LogP contribution in [-0.4, -0.2) is 57.5 Å². The molecule has 0 bridgehead atoms. The molecule has 1 heterocycles. The van der Waals surface area contributed by atoms with Crippen molar-refractivity contribution in [2.45, 2.75) is 37.8 Å². The zero-order valence-corrected chi connectivity index (χ0v) is 18.8.